The summed E-state index contributed by atoms with van der Waals surface area (Å²) in [5.41, 5.74) is 10.1. The van der Waals surface area contributed by atoms with E-state index in [0.717, 1.165) is 11.1 Å². The highest BCUT2D eigenvalue weighted by atomic mass is 16.3. The van der Waals surface area contributed by atoms with Crippen LogP contribution in [0.15, 0.2) is 53.1 Å². The molecule has 0 atom stereocenters. The smallest absolute Gasteiger partial charge is 0.135 e. The Hall–Kier alpha value is -3.50. The number of nitrogen functional groups attached to an aromatic ring is 1. The van der Waals surface area contributed by atoms with E-state index in [1.165, 1.54) is 6.26 Å². The van der Waals surface area contributed by atoms with Gasteiger partial charge in [-0.15, -0.1) is 0 Å². The van der Waals surface area contributed by atoms with Crippen molar-refractivity contribution in [1.82, 2.24) is 0 Å². The van der Waals surface area contributed by atoms with Gasteiger partial charge in [0.1, 0.15) is 17.9 Å². The number of nitrogens with zero attached hydrogens (tertiary/aromatic N) is 2. The summed E-state index contributed by atoms with van der Waals surface area (Å²) < 4.78 is 5.41. The van der Waals surface area contributed by atoms with Crippen molar-refractivity contribution in [3.8, 4) is 34.6 Å². The molecule has 2 aromatic carbocycles. The van der Waals surface area contributed by atoms with Crippen LogP contribution in [-0.2, 0) is 0 Å². The topological polar surface area (TPSA) is 86.7 Å². The average Bonchev–Trinajstić information content (AvgIpc) is 3.09. The average molecular weight is 299 g/mol. The van der Waals surface area contributed by atoms with Gasteiger partial charge in [-0.3, -0.25) is 0 Å². The van der Waals surface area contributed by atoms with Crippen LogP contribution in [-0.4, -0.2) is 0 Å². The van der Waals surface area contributed by atoms with Crippen molar-refractivity contribution in [3.05, 3.63) is 65.4 Å². The van der Waals surface area contributed by atoms with Gasteiger partial charge in [-0.1, -0.05) is 29.8 Å². The van der Waals surface area contributed by atoms with Crippen LogP contribution >= 0.6 is 0 Å². The molecule has 0 spiro atoms. The van der Waals surface area contributed by atoms with Crippen molar-refractivity contribution in [3.63, 3.8) is 0 Å². The molecular formula is C19H13N3O. The maximum atomic E-state index is 9.49. The highest BCUT2D eigenvalue weighted by molar-refractivity contribution is 5.88. The number of benzene rings is 2. The number of nitriles is 2. The lowest BCUT2D eigenvalue weighted by Gasteiger charge is -2.12. The molecule has 1 heterocycles. The number of rotatable bonds is 2. The summed E-state index contributed by atoms with van der Waals surface area (Å²) in [7, 11) is 0. The molecule has 0 unspecified atom stereocenters. The van der Waals surface area contributed by atoms with Crippen LogP contribution in [0.2, 0.25) is 0 Å². The first-order valence-electron chi connectivity index (χ1n) is 7.03. The molecule has 2 N–H and O–H groups in total. The zero-order chi connectivity index (χ0) is 16.4. The standard InChI is InChI=1S/C19H13N3O/c1-12-4-6-13(7-5-12)14-9-15(18-3-2-8-23-18)17(11-21)19(22)16(14)10-20/h2-9H,22H2,1H3. The van der Waals surface area contributed by atoms with E-state index in [1.54, 1.807) is 18.2 Å². The van der Waals surface area contributed by atoms with Gasteiger partial charge in [0.15, 0.2) is 0 Å². The van der Waals surface area contributed by atoms with E-state index in [0.29, 0.717) is 22.5 Å². The van der Waals surface area contributed by atoms with Gasteiger partial charge in [0, 0.05) is 11.1 Å². The van der Waals surface area contributed by atoms with Gasteiger partial charge in [0.05, 0.1) is 23.1 Å². The minimum Gasteiger partial charge on any atom is -0.464 e. The van der Waals surface area contributed by atoms with Crippen molar-refractivity contribution in [2.45, 2.75) is 6.92 Å². The Labute approximate surface area is 134 Å². The van der Waals surface area contributed by atoms with E-state index < -0.39 is 0 Å². The maximum Gasteiger partial charge on any atom is 0.135 e. The van der Waals surface area contributed by atoms with Gasteiger partial charge in [-0.05, 0) is 30.7 Å². The molecule has 3 aromatic rings. The fourth-order valence-electron chi connectivity index (χ4n) is 2.53. The molecule has 0 fully saturated rings. The first-order valence-corrected chi connectivity index (χ1v) is 7.03. The Bertz CT molecular complexity index is 940. The summed E-state index contributed by atoms with van der Waals surface area (Å²) >= 11 is 0. The van der Waals surface area contributed by atoms with E-state index in [4.69, 9.17) is 10.2 Å². The summed E-state index contributed by atoms with van der Waals surface area (Å²) in [5.74, 6) is 0.547. The normalized spacial score (nSPS) is 10.0. The number of nitrogens with two attached hydrogens (primary N) is 1. The predicted molar refractivity (Wildman–Crippen MR) is 88.2 cm³/mol. The highest BCUT2D eigenvalue weighted by Crippen LogP contribution is 2.37. The third-order valence-corrected chi connectivity index (χ3v) is 3.74. The molecule has 110 valence electrons. The molecule has 0 aliphatic rings. The van der Waals surface area contributed by atoms with E-state index in [1.807, 2.05) is 31.2 Å². The lowest BCUT2D eigenvalue weighted by Crippen LogP contribution is -2.00. The Morgan fingerprint density at radius 3 is 2.17 bits per heavy atom. The molecule has 0 bridgehead atoms. The third-order valence-electron chi connectivity index (χ3n) is 3.74. The molecule has 0 aliphatic heterocycles. The largest absolute Gasteiger partial charge is 0.464 e. The molecular weight excluding hydrogens is 286 g/mol. The Kier molecular flexibility index (Phi) is 3.58. The molecule has 0 amide bonds. The SMILES string of the molecule is Cc1ccc(-c2cc(-c3ccco3)c(C#N)c(N)c2C#N)cc1. The van der Waals surface area contributed by atoms with Gasteiger partial charge in [-0.25, -0.2) is 0 Å². The maximum absolute atomic E-state index is 9.49. The molecule has 23 heavy (non-hydrogen) atoms. The lowest BCUT2D eigenvalue weighted by molar-refractivity contribution is 0.582. The number of hydrogen-bond donors (Lipinski definition) is 1. The van der Waals surface area contributed by atoms with Crippen molar-refractivity contribution >= 4 is 5.69 Å². The number of hydrogen-bond acceptors (Lipinski definition) is 4. The van der Waals surface area contributed by atoms with E-state index >= 15 is 0 Å². The fourth-order valence-corrected chi connectivity index (χ4v) is 2.53. The number of aryl methyl sites for hydroxylation is 1. The van der Waals surface area contributed by atoms with E-state index in [9.17, 15) is 10.5 Å². The van der Waals surface area contributed by atoms with Crippen molar-refractivity contribution in [2.75, 3.05) is 5.73 Å². The van der Waals surface area contributed by atoms with Crippen LogP contribution in [0.25, 0.3) is 22.5 Å². The second-order valence-electron chi connectivity index (χ2n) is 5.20. The van der Waals surface area contributed by atoms with E-state index in [-0.39, 0.29) is 11.3 Å². The molecule has 4 heteroatoms. The lowest BCUT2D eigenvalue weighted by atomic mass is 9.91. The van der Waals surface area contributed by atoms with Crippen LogP contribution < -0.4 is 5.73 Å². The molecule has 1 aromatic heterocycles. The van der Waals surface area contributed by atoms with Gasteiger partial charge in [0.25, 0.3) is 0 Å². The Morgan fingerprint density at radius 2 is 1.61 bits per heavy atom. The molecule has 3 rings (SSSR count). The second-order valence-corrected chi connectivity index (χ2v) is 5.20. The summed E-state index contributed by atoms with van der Waals surface area (Å²) in [5, 5.41) is 18.9. The Morgan fingerprint density at radius 1 is 0.957 bits per heavy atom. The Balaban J connectivity index is 2.34. The fraction of sp³-hybridized carbons (Fsp3) is 0.0526. The summed E-state index contributed by atoms with van der Waals surface area (Å²) in [6.07, 6.45) is 1.54. The van der Waals surface area contributed by atoms with Gasteiger partial charge in [-0.2, -0.15) is 10.5 Å². The zero-order valence-electron chi connectivity index (χ0n) is 12.5. The predicted octanol–water partition coefficient (Wildman–Crippen LogP) is 4.25. The summed E-state index contributed by atoms with van der Waals surface area (Å²) in [4.78, 5) is 0. The zero-order valence-corrected chi connectivity index (χ0v) is 12.5. The second kappa shape index (κ2) is 5.71. The van der Waals surface area contributed by atoms with Crippen LogP contribution in [0.3, 0.4) is 0 Å². The van der Waals surface area contributed by atoms with Crippen LogP contribution in [0.1, 0.15) is 16.7 Å². The first kappa shape index (κ1) is 14.4. The quantitative estimate of drug-likeness (QED) is 0.717. The van der Waals surface area contributed by atoms with Crippen LogP contribution in [0.5, 0.6) is 0 Å². The summed E-state index contributed by atoms with van der Waals surface area (Å²) in [6, 6.07) is 17.3. The van der Waals surface area contributed by atoms with Gasteiger partial charge >= 0.3 is 0 Å². The summed E-state index contributed by atoms with van der Waals surface area (Å²) in [6.45, 7) is 2.00. The number of anilines is 1. The van der Waals surface area contributed by atoms with Crippen LogP contribution in [0, 0.1) is 29.6 Å². The first-order chi connectivity index (χ1) is 11.2. The van der Waals surface area contributed by atoms with Crippen molar-refractivity contribution in [1.29, 1.82) is 10.5 Å². The molecule has 0 radical (unpaired) electrons. The molecule has 0 saturated heterocycles. The molecule has 4 nitrogen and oxygen atoms in total. The monoisotopic (exact) mass is 299 g/mol. The molecule has 0 saturated carbocycles. The third kappa shape index (κ3) is 2.43. The van der Waals surface area contributed by atoms with Crippen molar-refractivity contribution < 1.29 is 4.42 Å². The van der Waals surface area contributed by atoms with Crippen molar-refractivity contribution in [2.24, 2.45) is 0 Å². The minimum atomic E-state index is 0.180. The number of furan rings is 1. The highest BCUT2D eigenvalue weighted by Gasteiger charge is 2.19. The minimum absolute atomic E-state index is 0.180. The van der Waals surface area contributed by atoms with Gasteiger partial charge in [0.2, 0.25) is 0 Å². The van der Waals surface area contributed by atoms with Crippen LogP contribution in [0.4, 0.5) is 5.69 Å². The molecule has 0 aliphatic carbocycles. The van der Waals surface area contributed by atoms with Gasteiger partial charge < -0.3 is 10.2 Å². The van der Waals surface area contributed by atoms with E-state index in [2.05, 4.69) is 12.1 Å².